The number of rotatable bonds is 6. The van der Waals surface area contributed by atoms with Gasteiger partial charge in [-0.15, -0.1) is 17.9 Å². The number of esters is 1. The van der Waals surface area contributed by atoms with Gasteiger partial charge in [-0.25, -0.2) is 0 Å². The number of aliphatic hydroxyl groups excluding tert-OH is 5. The molecule has 4 saturated heterocycles. The largest absolute Gasteiger partial charge is 0.481 e. The van der Waals surface area contributed by atoms with E-state index in [0.717, 1.165) is 0 Å². The number of carboxylic acid groups (broad SMARTS) is 1. The summed E-state index contributed by atoms with van der Waals surface area (Å²) in [5, 5.41) is 66.7. The number of fused-ring (bicyclic) bond motifs is 6. The third kappa shape index (κ3) is 18.7. The lowest BCUT2D eigenvalue weighted by atomic mass is 9.82. The number of nitrogens with two attached hydrogens (primary N) is 1. The molecule has 0 spiro atoms. The fourth-order valence-corrected chi connectivity index (χ4v) is 11.9. The normalized spacial score (nSPS) is 45.8. The summed E-state index contributed by atoms with van der Waals surface area (Å²) in [6, 6.07) is -2.37. The third-order valence-corrected chi connectivity index (χ3v) is 17.5. The summed E-state index contributed by atoms with van der Waals surface area (Å²) in [5.74, 6) is -5.29. The number of methoxy groups -OCH3 is 1. The van der Waals surface area contributed by atoms with Crippen LogP contribution in [0, 0.1) is 17.8 Å². The second-order valence-corrected chi connectivity index (χ2v) is 28.5. The molecule has 22 heteroatoms. The van der Waals surface area contributed by atoms with Crippen molar-refractivity contribution in [3.63, 3.8) is 0 Å². The monoisotopic (exact) mass is 1120 g/mol. The number of carbonyl (C=O) groups is 2. The molecule has 5 aliphatic heterocycles. The van der Waals surface area contributed by atoms with Crippen molar-refractivity contribution in [3.8, 4) is 0 Å². The van der Waals surface area contributed by atoms with Gasteiger partial charge < -0.3 is 79.0 Å². The second kappa shape index (κ2) is 30.6. The molecule has 4 fully saturated rings. The average molecular weight is 1120 g/mol. The summed E-state index contributed by atoms with van der Waals surface area (Å²) >= 11 is 0. The number of cyclic esters (lactones) is 1. The Labute approximate surface area is 443 Å². The van der Waals surface area contributed by atoms with Crippen LogP contribution in [0.15, 0.2) is 85.1 Å². The van der Waals surface area contributed by atoms with Crippen LogP contribution in [0.1, 0.15) is 79.1 Å². The average Bonchev–Trinajstić information content (AvgIpc) is 3.35. The number of ether oxygens (including phenoxy) is 9. The van der Waals surface area contributed by atoms with E-state index in [9.17, 15) is 40.2 Å². The van der Waals surface area contributed by atoms with Gasteiger partial charge in [-0.05, 0) is 55.2 Å². The van der Waals surface area contributed by atoms with Gasteiger partial charge in [-0.3, -0.25) is 9.59 Å². The summed E-state index contributed by atoms with van der Waals surface area (Å²) in [4.78, 5) is 26.3. The van der Waals surface area contributed by atoms with Crippen molar-refractivity contribution in [3.05, 3.63) is 85.1 Å². The molecule has 12 unspecified atom stereocenters. The van der Waals surface area contributed by atoms with E-state index in [0.29, 0.717) is 12.8 Å². The van der Waals surface area contributed by atoms with Gasteiger partial charge in [0.1, 0.15) is 18.1 Å². The molecule has 8 N–H and O–H groups in total. The van der Waals surface area contributed by atoms with Gasteiger partial charge in [0, 0.05) is 51.0 Å². The van der Waals surface area contributed by atoms with E-state index >= 15 is 0 Å². The van der Waals surface area contributed by atoms with Crippen molar-refractivity contribution in [2.75, 3.05) is 20.4 Å². The minimum atomic E-state index is -1.56. The van der Waals surface area contributed by atoms with Gasteiger partial charge in [0.2, 0.25) is 0 Å². The first kappa shape index (κ1) is 63.1. The minimum absolute atomic E-state index is 0.00955. The van der Waals surface area contributed by atoms with Crippen LogP contribution in [0.25, 0.3) is 0 Å². The van der Waals surface area contributed by atoms with Gasteiger partial charge in [-0.1, -0.05) is 98.9 Å². The molecule has 6 bridgehead atoms. The highest BCUT2D eigenvalue weighted by atomic mass is 32.0. The highest BCUT2D eigenvalue weighted by Crippen LogP contribution is 2.52. The lowest BCUT2D eigenvalue weighted by molar-refractivity contribution is -0.326. The summed E-state index contributed by atoms with van der Waals surface area (Å²) in [5.41, 5.74) is 6.15. The molecule has 0 aliphatic carbocycles. The molecule has 5 rings (SSSR count). The van der Waals surface area contributed by atoms with Gasteiger partial charge in [0.15, 0.2) is 24.1 Å². The number of aliphatic carboxylic acids is 1. The molecule has 0 aromatic heterocycles. The molecule has 18 nitrogen and oxygen atoms in total. The first-order valence-electron chi connectivity index (χ1n) is 25.5. The Morgan fingerprint density at radius 3 is 1.84 bits per heavy atom. The summed E-state index contributed by atoms with van der Waals surface area (Å²) in [6.07, 6.45) is 13.6. The van der Waals surface area contributed by atoms with Gasteiger partial charge >= 0.3 is 11.9 Å². The smallest absolute Gasteiger partial charge is 0.311 e. The first-order chi connectivity index (χ1) is 35.1. The molecule has 0 radical (unpaired) electrons. The zero-order chi connectivity index (χ0) is 54.3. The molecule has 418 valence electrons. The van der Waals surface area contributed by atoms with Gasteiger partial charge in [0.05, 0.1) is 79.6 Å². The maximum Gasteiger partial charge on any atom is 0.311 e. The standard InChI is InChI=1S/C52H83NO17P4/c1-30-20-18-16-14-12-10-8-9-11-13-15-17-19-21-34(65-49-47(59)44(53)46(58)33(4)64-49)25-41-43(48(60)61)39(55)29-52(62-5,70-41)28-37-26-40(69-51(68-37)74(7)72)38(54)23-22-35-24-36(67-50(66-35)73(6)71)27-42(56)63-32(3)31(2)45(30)57/h8-21,30-41,43-47,49-51,54-55,57-59H,22-29,53,71-72H2,1-7H3,(H,60,61)/b9-8+,12-10+,13-11+,16-14+,17-15+,20-18+,21-19+/t30-,31-,32-,33+,34-,35?,36?,37?,38+,39?,40?,41?,43+,44-,45+,46+,47+,49-,50?,51?,52+,73?,74?/m0/s1. The second-order valence-electron chi connectivity index (χ2n) is 20.1. The zero-order valence-electron chi connectivity index (χ0n) is 43.6. The Morgan fingerprint density at radius 1 is 0.676 bits per heavy atom. The van der Waals surface area contributed by atoms with Crippen LogP contribution >= 0.6 is 33.1 Å². The van der Waals surface area contributed by atoms with Gasteiger partial charge in [-0.2, -0.15) is 0 Å². The van der Waals surface area contributed by atoms with Crippen molar-refractivity contribution in [1.29, 1.82) is 0 Å². The number of hydrogen-bond acceptors (Lipinski definition) is 17. The van der Waals surface area contributed by atoms with Crippen molar-refractivity contribution in [2.45, 2.75) is 189 Å². The van der Waals surface area contributed by atoms with Crippen LogP contribution in [0.3, 0.4) is 0 Å². The van der Waals surface area contributed by atoms with Crippen LogP contribution in [0.5, 0.6) is 0 Å². The quantitative estimate of drug-likeness (QED) is 0.121. The molecule has 0 aromatic carbocycles. The van der Waals surface area contributed by atoms with E-state index in [1.807, 2.05) is 81.9 Å². The van der Waals surface area contributed by atoms with Crippen LogP contribution in [0.4, 0.5) is 0 Å². The topological polar surface area (TPSA) is 265 Å². The van der Waals surface area contributed by atoms with E-state index in [4.69, 9.17) is 48.4 Å². The molecular weight excluding hydrogens is 1030 g/mol. The Morgan fingerprint density at radius 2 is 1.24 bits per heavy atom. The molecule has 0 amide bonds. The molecular formula is C52H83NO17P4. The molecule has 25 atom stereocenters. The molecule has 0 aromatic rings. The van der Waals surface area contributed by atoms with Crippen molar-refractivity contribution >= 4 is 45.0 Å². The molecule has 74 heavy (non-hydrogen) atoms. The Balaban J connectivity index is 1.43. The zero-order valence-corrected chi connectivity index (χ0v) is 47.7. The van der Waals surface area contributed by atoms with E-state index < -0.39 is 137 Å². The van der Waals surface area contributed by atoms with Crippen LogP contribution < -0.4 is 5.73 Å². The SMILES string of the molecule is CO[C@]12CC3CC(OC(P(C)P)O3)[C@H](O)CCC3CC(CC(=O)O[C@@H](C)[C@H](C)[C@H](O)[C@@H](C)/C=C/C=C/C=C/C=C/C=C/C=C/C=C/[C@H](O[C@@H]4O[C@H](C)[C@@H](O)[C@H](N)[C@H]4O)CC(O1)[C@H](C(=O)O)C(O)C2)OC(P(C)P)O3. The van der Waals surface area contributed by atoms with Gasteiger partial charge in [0.25, 0.3) is 0 Å². The maximum absolute atomic E-state index is 13.4. The number of carboxylic acids is 1. The lowest BCUT2D eigenvalue weighted by Gasteiger charge is -2.48. The summed E-state index contributed by atoms with van der Waals surface area (Å²) in [6.45, 7) is 11.1. The van der Waals surface area contributed by atoms with Crippen molar-refractivity contribution in [2.24, 2.45) is 23.5 Å². The number of allylic oxidation sites excluding steroid dienone is 12. The number of hydrogen-bond donors (Lipinski definition) is 7. The highest BCUT2D eigenvalue weighted by Gasteiger charge is 2.53. The van der Waals surface area contributed by atoms with Crippen molar-refractivity contribution < 1.29 is 82.9 Å². The van der Waals surface area contributed by atoms with Crippen LogP contribution in [-0.4, -0.2) is 173 Å². The fraction of sp³-hybridized carbons (Fsp3) is 0.692. The molecule has 0 saturated carbocycles. The highest BCUT2D eigenvalue weighted by molar-refractivity contribution is 8.13. The van der Waals surface area contributed by atoms with E-state index in [1.165, 1.54) is 7.11 Å². The maximum atomic E-state index is 13.4. The van der Waals surface area contributed by atoms with Crippen LogP contribution in [-0.2, 0) is 52.2 Å². The minimum Gasteiger partial charge on any atom is -0.481 e. The number of aliphatic hydroxyl groups is 5. The van der Waals surface area contributed by atoms with Crippen LogP contribution in [0.2, 0.25) is 0 Å². The third-order valence-electron chi connectivity index (χ3n) is 14.2. The Hall–Kier alpha value is -1.72. The Kier molecular flexibility index (Phi) is 26.1. The molecule has 5 heterocycles. The van der Waals surface area contributed by atoms with Crippen molar-refractivity contribution in [1.82, 2.24) is 0 Å². The Bertz CT molecular complexity index is 1970. The van der Waals surface area contributed by atoms with E-state index in [1.54, 1.807) is 44.2 Å². The first-order valence-corrected chi connectivity index (χ1v) is 32.4. The number of carbonyl (C=O) groups excluding carboxylic acids is 1. The molecule has 5 aliphatic rings. The van der Waals surface area contributed by atoms with E-state index in [2.05, 4.69) is 17.9 Å². The predicted octanol–water partition coefficient (Wildman–Crippen LogP) is 5.86. The summed E-state index contributed by atoms with van der Waals surface area (Å²) in [7, 11) is 5.15. The fourth-order valence-electron chi connectivity index (χ4n) is 9.66. The predicted molar refractivity (Wildman–Crippen MR) is 290 cm³/mol. The lowest BCUT2D eigenvalue weighted by Crippen LogP contribution is -2.61. The van der Waals surface area contributed by atoms with E-state index in [-0.39, 0.29) is 56.5 Å². The summed E-state index contributed by atoms with van der Waals surface area (Å²) < 4.78 is 56.2.